The molecule has 2 aromatic carbocycles. The molecule has 0 saturated carbocycles. The van der Waals surface area contributed by atoms with Crippen LogP contribution in [0.25, 0.3) is 0 Å². The molecule has 4 nitrogen and oxygen atoms in total. The Morgan fingerprint density at radius 3 is 1.28 bits per heavy atom. The second-order valence-electron chi connectivity index (χ2n) is 9.72. The van der Waals surface area contributed by atoms with Crippen LogP contribution < -0.4 is 9.47 Å². The Morgan fingerprint density at radius 1 is 0.690 bits per heavy atom. The van der Waals surface area contributed by atoms with Crippen molar-refractivity contribution in [3.05, 3.63) is 59.7 Å². The maximum Gasteiger partial charge on any atom is 0.121 e. The van der Waals surface area contributed by atoms with Crippen molar-refractivity contribution in [2.75, 3.05) is 13.2 Å². The van der Waals surface area contributed by atoms with Gasteiger partial charge in [0.05, 0.1) is 11.2 Å². The second kappa shape index (κ2) is 7.03. The lowest BCUT2D eigenvalue weighted by molar-refractivity contribution is 0.254. The molecule has 2 heterocycles. The van der Waals surface area contributed by atoms with Crippen LogP contribution in [0.5, 0.6) is 11.5 Å². The van der Waals surface area contributed by atoms with E-state index in [1.54, 1.807) is 0 Å². The molecule has 0 amide bonds. The highest BCUT2D eigenvalue weighted by atomic mass is 16.6. The third kappa shape index (κ3) is 4.44. The van der Waals surface area contributed by atoms with Crippen molar-refractivity contribution in [2.24, 2.45) is 0 Å². The Hall–Kier alpha value is -2.04. The summed E-state index contributed by atoms with van der Waals surface area (Å²) in [5, 5.41) is 0. The number of benzene rings is 2. The Morgan fingerprint density at radius 2 is 1.00 bits per heavy atom. The third-order valence-corrected chi connectivity index (χ3v) is 6.28. The van der Waals surface area contributed by atoms with Crippen LogP contribution in [0.3, 0.4) is 0 Å². The summed E-state index contributed by atoms with van der Waals surface area (Å²) in [7, 11) is 0. The molecule has 156 valence electrons. The number of hydrogen-bond donors (Lipinski definition) is 0. The molecule has 0 aliphatic carbocycles. The summed E-state index contributed by atoms with van der Waals surface area (Å²) in [6.45, 7) is 14.0. The maximum absolute atomic E-state index is 5.87. The minimum Gasteiger partial charge on any atom is -0.491 e. The van der Waals surface area contributed by atoms with E-state index in [0.717, 1.165) is 11.5 Å². The fourth-order valence-electron chi connectivity index (χ4n) is 3.58. The number of rotatable bonds is 8. The van der Waals surface area contributed by atoms with Gasteiger partial charge in [-0.1, -0.05) is 38.1 Å². The predicted molar refractivity (Wildman–Crippen MR) is 114 cm³/mol. The number of epoxide rings is 2. The second-order valence-corrected chi connectivity index (χ2v) is 9.72. The lowest BCUT2D eigenvalue weighted by Gasteiger charge is -2.26. The maximum atomic E-state index is 5.87. The van der Waals surface area contributed by atoms with E-state index in [0.29, 0.717) is 13.2 Å². The van der Waals surface area contributed by atoms with Crippen LogP contribution in [-0.4, -0.2) is 36.6 Å². The molecule has 2 atom stereocenters. The van der Waals surface area contributed by atoms with Gasteiger partial charge >= 0.3 is 0 Å². The van der Waals surface area contributed by atoms with Gasteiger partial charge in [-0.3, -0.25) is 0 Å². The van der Waals surface area contributed by atoms with Crippen LogP contribution in [0, 0.1) is 0 Å². The van der Waals surface area contributed by atoms with E-state index in [2.05, 4.69) is 65.8 Å². The van der Waals surface area contributed by atoms with Gasteiger partial charge in [-0.25, -0.2) is 0 Å². The van der Waals surface area contributed by atoms with Crippen molar-refractivity contribution in [2.45, 2.75) is 70.4 Å². The van der Waals surface area contributed by atoms with E-state index in [4.69, 9.17) is 18.9 Å². The summed E-state index contributed by atoms with van der Waals surface area (Å²) in [5.41, 5.74) is 2.30. The Bertz CT molecular complexity index is 778. The minimum atomic E-state index is -0.111. The van der Waals surface area contributed by atoms with Gasteiger partial charge in [0.15, 0.2) is 0 Å². The predicted octanol–water partition coefficient (Wildman–Crippen LogP) is 5.12. The summed E-state index contributed by atoms with van der Waals surface area (Å²) in [6.07, 6.45) is 0.383. The fourth-order valence-corrected chi connectivity index (χ4v) is 3.58. The zero-order chi connectivity index (χ0) is 20.9. The van der Waals surface area contributed by atoms with Gasteiger partial charge in [-0.15, -0.1) is 0 Å². The molecule has 2 saturated heterocycles. The van der Waals surface area contributed by atoms with Crippen LogP contribution in [0.4, 0.5) is 0 Å². The molecule has 2 fully saturated rings. The molecular formula is C25H32O4. The molecule has 0 aromatic heterocycles. The molecule has 0 bridgehead atoms. The molecule has 4 rings (SSSR count). The fraction of sp³-hybridized carbons (Fsp3) is 0.520. The quantitative estimate of drug-likeness (QED) is 0.581. The molecule has 0 radical (unpaired) electrons. The van der Waals surface area contributed by atoms with Gasteiger partial charge in [-0.05, 0) is 63.1 Å². The molecule has 0 spiro atoms. The lowest BCUT2D eigenvalue weighted by atomic mass is 9.78. The first-order valence-electron chi connectivity index (χ1n) is 10.4. The summed E-state index contributed by atoms with van der Waals surface area (Å²) >= 11 is 0. The molecule has 29 heavy (non-hydrogen) atoms. The molecular weight excluding hydrogens is 364 g/mol. The van der Waals surface area contributed by atoms with Crippen molar-refractivity contribution in [1.29, 1.82) is 0 Å². The molecule has 4 heteroatoms. The standard InChI is InChI=1S/C25H32O4/c1-23(2,17-7-11-19(12-8-17)26-15-21-24(3,4)28-21)18-9-13-20(14-10-18)27-16-22-25(5,6)29-22/h7-14,21-22H,15-16H2,1-6H3. The molecule has 2 aromatic rings. The van der Waals surface area contributed by atoms with Crippen molar-refractivity contribution in [3.63, 3.8) is 0 Å². The highest BCUT2D eigenvalue weighted by Gasteiger charge is 2.48. The smallest absolute Gasteiger partial charge is 0.121 e. The minimum absolute atomic E-state index is 0.0420. The molecule has 2 aliphatic heterocycles. The van der Waals surface area contributed by atoms with Gasteiger partial charge in [0.2, 0.25) is 0 Å². The van der Waals surface area contributed by atoms with Crippen LogP contribution in [0.1, 0.15) is 52.7 Å². The van der Waals surface area contributed by atoms with Crippen molar-refractivity contribution in [3.8, 4) is 11.5 Å². The SMILES string of the molecule is CC(C)(c1ccc(OCC2OC2(C)C)cc1)c1ccc(OCC2OC2(C)C)cc1. The lowest BCUT2D eigenvalue weighted by Crippen LogP contribution is -2.19. The van der Waals surface area contributed by atoms with E-state index < -0.39 is 0 Å². The van der Waals surface area contributed by atoms with Crippen LogP contribution in [0.2, 0.25) is 0 Å². The van der Waals surface area contributed by atoms with Gasteiger partial charge in [0.1, 0.15) is 36.9 Å². The van der Waals surface area contributed by atoms with Gasteiger partial charge < -0.3 is 18.9 Å². The summed E-state index contributed by atoms with van der Waals surface area (Å²) in [6, 6.07) is 16.7. The average Bonchev–Trinajstić information content (AvgIpc) is 3.51. The highest BCUT2D eigenvalue weighted by molar-refractivity contribution is 5.41. The summed E-state index contributed by atoms with van der Waals surface area (Å²) < 4.78 is 22.9. The Kier molecular flexibility index (Phi) is 4.91. The van der Waals surface area contributed by atoms with E-state index >= 15 is 0 Å². The number of ether oxygens (including phenoxy) is 4. The van der Waals surface area contributed by atoms with Crippen LogP contribution >= 0.6 is 0 Å². The zero-order valence-electron chi connectivity index (χ0n) is 18.3. The first kappa shape index (κ1) is 20.2. The average molecular weight is 397 g/mol. The van der Waals surface area contributed by atoms with E-state index in [9.17, 15) is 0 Å². The van der Waals surface area contributed by atoms with Crippen LogP contribution in [0.15, 0.2) is 48.5 Å². The Balaban J connectivity index is 1.35. The molecule has 2 aliphatic rings. The van der Waals surface area contributed by atoms with E-state index in [1.165, 1.54) is 11.1 Å². The summed E-state index contributed by atoms with van der Waals surface area (Å²) in [4.78, 5) is 0. The van der Waals surface area contributed by atoms with Gasteiger partial charge in [-0.2, -0.15) is 0 Å². The van der Waals surface area contributed by atoms with Crippen molar-refractivity contribution >= 4 is 0 Å². The largest absolute Gasteiger partial charge is 0.491 e. The summed E-state index contributed by atoms with van der Waals surface area (Å²) in [5.74, 6) is 1.76. The first-order valence-corrected chi connectivity index (χ1v) is 10.4. The monoisotopic (exact) mass is 396 g/mol. The zero-order valence-corrected chi connectivity index (χ0v) is 18.3. The Labute approximate surface area is 174 Å². The third-order valence-electron chi connectivity index (χ3n) is 6.28. The molecule has 0 N–H and O–H groups in total. The van der Waals surface area contributed by atoms with Crippen molar-refractivity contribution in [1.82, 2.24) is 0 Å². The topological polar surface area (TPSA) is 43.5 Å². The number of hydrogen-bond acceptors (Lipinski definition) is 4. The molecule has 2 unspecified atom stereocenters. The van der Waals surface area contributed by atoms with Crippen molar-refractivity contribution < 1.29 is 18.9 Å². The highest BCUT2D eigenvalue weighted by Crippen LogP contribution is 2.37. The van der Waals surface area contributed by atoms with Gasteiger partial charge in [0.25, 0.3) is 0 Å². The van der Waals surface area contributed by atoms with Gasteiger partial charge in [0, 0.05) is 5.41 Å². The van der Waals surface area contributed by atoms with Crippen LogP contribution in [-0.2, 0) is 14.9 Å². The normalized spacial score (nSPS) is 24.1. The first-order chi connectivity index (χ1) is 13.6. The van der Waals surface area contributed by atoms with E-state index in [-0.39, 0.29) is 28.8 Å². The van der Waals surface area contributed by atoms with E-state index in [1.807, 2.05) is 24.3 Å².